The van der Waals surface area contributed by atoms with Gasteiger partial charge < -0.3 is 19.2 Å². The van der Waals surface area contributed by atoms with E-state index in [2.05, 4.69) is 5.32 Å². The Balaban J connectivity index is 1.47. The van der Waals surface area contributed by atoms with Gasteiger partial charge in [0.05, 0.1) is 16.1 Å². The molecule has 0 aliphatic carbocycles. The summed E-state index contributed by atoms with van der Waals surface area (Å²) in [7, 11) is 0. The summed E-state index contributed by atoms with van der Waals surface area (Å²) in [6.07, 6.45) is 1.27. The second kappa shape index (κ2) is 9.16. The minimum atomic E-state index is -0.364. The molecule has 0 spiro atoms. The van der Waals surface area contributed by atoms with Crippen LogP contribution in [0.5, 0.6) is 17.2 Å². The number of halogens is 1. The summed E-state index contributed by atoms with van der Waals surface area (Å²) in [5.74, 6) is 0.684. The maximum absolute atomic E-state index is 12.8. The van der Waals surface area contributed by atoms with Gasteiger partial charge in [-0.15, -0.1) is 0 Å². The highest BCUT2D eigenvalue weighted by Gasteiger charge is 2.12. The molecule has 0 atom stereocenters. The van der Waals surface area contributed by atoms with Crippen LogP contribution in [0, 0.1) is 13.8 Å². The lowest BCUT2D eigenvalue weighted by molar-refractivity contribution is -0.118. The van der Waals surface area contributed by atoms with Crippen LogP contribution < -0.4 is 20.2 Å². The molecule has 4 aromatic rings. The predicted molar refractivity (Wildman–Crippen MR) is 124 cm³/mol. The second-order valence-corrected chi connectivity index (χ2v) is 7.74. The number of fused-ring (bicyclic) bond motifs is 1. The Labute approximate surface area is 189 Å². The van der Waals surface area contributed by atoms with E-state index in [9.17, 15) is 9.59 Å². The molecule has 0 saturated carbocycles. The highest BCUT2D eigenvalue weighted by atomic mass is 35.5. The number of ether oxygens (including phenoxy) is 2. The Morgan fingerprint density at radius 2 is 1.75 bits per heavy atom. The molecule has 6 nitrogen and oxygen atoms in total. The van der Waals surface area contributed by atoms with E-state index in [1.807, 2.05) is 32.0 Å². The molecule has 4 rings (SSSR count). The summed E-state index contributed by atoms with van der Waals surface area (Å²) in [6.45, 7) is 3.69. The zero-order valence-electron chi connectivity index (χ0n) is 17.5. The van der Waals surface area contributed by atoms with Gasteiger partial charge in [0.25, 0.3) is 5.91 Å². The van der Waals surface area contributed by atoms with E-state index in [-0.39, 0.29) is 23.7 Å². The van der Waals surface area contributed by atoms with E-state index >= 15 is 0 Å². The van der Waals surface area contributed by atoms with E-state index in [0.717, 1.165) is 11.1 Å². The number of nitrogens with one attached hydrogen (secondary N) is 1. The van der Waals surface area contributed by atoms with Crippen LogP contribution in [-0.4, -0.2) is 12.5 Å². The van der Waals surface area contributed by atoms with Crippen LogP contribution >= 0.6 is 11.6 Å². The van der Waals surface area contributed by atoms with Crippen molar-refractivity contribution in [1.82, 2.24) is 0 Å². The fraction of sp³-hybridized carbons (Fsp3) is 0.120. The molecule has 162 valence electrons. The largest absolute Gasteiger partial charge is 0.484 e. The number of carbonyl (C=O) groups is 1. The Hall–Kier alpha value is -3.77. The van der Waals surface area contributed by atoms with Gasteiger partial charge in [-0.2, -0.15) is 0 Å². The molecule has 0 radical (unpaired) electrons. The SMILES string of the molecule is Cc1cc(C)cc(Oc2coc3cc(OCC(=O)Nc4ccccc4Cl)ccc3c2=O)c1. The number of hydrogen-bond donors (Lipinski definition) is 1. The first kappa shape index (κ1) is 21.5. The summed E-state index contributed by atoms with van der Waals surface area (Å²) in [4.78, 5) is 24.9. The van der Waals surface area contributed by atoms with E-state index < -0.39 is 0 Å². The maximum Gasteiger partial charge on any atom is 0.262 e. The Bertz CT molecular complexity index is 1340. The van der Waals surface area contributed by atoms with Crippen LogP contribution in [0.25, 0.3) is 11.0 Å². The van der Waals surface area contributed by atoms with Gasteiger partial charge >= 0.3 is 0 Å². The fourth-order valence-corrected chi connectivity index (χ4v) is 3.45. The molecule has 1 aromatic heterocycles. The number of amides is 1. The van der Waals surface area contributed by atoms with E-state index in [4.69, 9.17) is 25.5 Å². The molecule has 0 aliphatic rings. The smallest absolute Gasteiger partial charge is 0.262 e. The molecule has 0 aliphatic heterocycles. The minimum Gasteiger partial charge on any atom is -0.484 e. The molecule has 3 aromatic carbocycles. The van der Waals surface area contributed by atoms with Crippen LogP contribution in [0.2, 0.25) is 5.02 Å². The fourth-order valence-electron chi connectivity index (χ4n) is 3.27. The summed E-state index contributed by atoms with van der Waals surface area (Å²) in [5.41, 5.74) is 2.60. The van der Waals surface area contributed by atoms with Crippen molar-refractivity contribution in [2.45, 2.75) is 13.8 Å². The van der Waals surface area contributed by atoms with E-state index in [0.29, 0.717) is 33.2 Å². The van der Waals surface area contributed by atoms with Gasteiger partial charge in [-0.1, -0.05) is 29.8 Å². The molecule has 0 bridgehead atoms. The number of carbonyl (C=O) groups excluding carboxylic acids is 1. The normalized spacial score (nSPS) is 10.7. The van der Waals surface area contributed by atoms with Gasteiger partial charge in [0.1, 0.15) is 23.3 Å². The third-order valence-electron chi connectivity index (χ3n) is 4.66. The van der Waals surface area contributed by atoms with Gasteiger partial charge in [-0.3, -0.25) is 9.59 Å². The molecule has 32 heavy (non-hydrogen) atoms. The molecule has 1 amide bonds. The van der Waals surface area contributed by atoms with Crippen LogP contribution in [0.3, 0.4) is 0 Å². The van der Waals surface area contributed by atoms with Gasteiger partial charge in [0.2, 0.25) is 11.2 Å². The van der Waals surface area contributed by atoms with Gasteiger partial charge in [-0.05, 0) is 61.4 Å². The van der Waals surface area contributed by atoms with Crippen molar-refractivity contribution in [3.8, 4) is 17.2 Å². The number of anilines is 1. The van der Waals surface area contributed by atoms with Crippen molar-refractivity contribution in [2.75, 3.05) is 11.9 Å². The van der Waals surface area contributed by atoms with Crippen molar-refractivity contribution >= 4 is 34.2 Å². The molecular weight excluding hydrogens is 430 g/mol. The number of aryl methyl sites for hydroxylation is 2. The van der Waals surface area contributed by atoms with Gasteiger partial charge in [0, 0.05) is 6.07 Å². The monoisotopic (exact) mass is 449 g/mol. The van der Waals surface area contributed by atoms with Gasteiger partial charge in [-0.25, -0.2) is 0 Å². The number of rotatable bonds is 6. The van der Waals surface area contributed by atoms with Crippen molar-refractivity contribution in [3.05, 3.63) is 93.3 Å². The summed E-state index contributed by atoms with van der Waals surface area (Å²) in [5, 5.41) is 3.46. The Morgan fingerprint density at radius 1 is 1.00 bits per heavy atom. The first-order chi connectivity index (χ1) is 15.4. The number of benzene rings is 3. The van der Waals surface area contributed by atoms with Crippen LogP contribution in [0.15, 0.2) is 76.1 Å². The maximum atomic E-state index is 12.8. The third kappa shape index (κ3) is 4.92. The first-order valence-electron chi connectivity index (χ1n) is 9.88. The number of para-hydroxylation sites is 1. The zero-order chi connectivity index (χ0) is 22.7. The highest BCUT2D eigenvalue weighted by Crippen LogP contribution is 2.25. The number of hydrogen-bond acceptors (Lipinski definition) is 5. The zero-order valence-corrected chi connectivity index (χ0v) is 18.2. The van der Waals surface area contributed by atoms with E-state index in [1.54, 1.807) is 42.5 Å². The van der Waals surface area contributed by atoms with Crippen molar-refractivity contribution in [1.29, 1.82) is 0 Å². The lowest BCUT2D eigenvalue weighted by Gasteiger charge is -2.10. The first-order valence-corrected chi connectivity index (χ1v) is 10.3. The Morgan fingerprint density at radius 3 is 2.50 bits per heavy atom. The quantitative estimate of drug-likeness (QED) is 0.398. The van der Waals surface area contributed by atoms with Crippen molar-refractivity contribution in [2.24, 2.45) is 0 Å². The van der Waals surface area contributed by atoms with Crippen LogP contribution in [0.4, 0.5) is 5.69 Å². The third-order valence-corrected chi connectivity index (χ3v) is 4.98. The summed E-state index contributed by atoms with van der Waals surface area (Å²) >= 11 is 6.04. The average molecular weight is 450 g/mol. The topological polar surface area (TPSA) is 77.8 Å². The average Bonchev–Trinajstić information content (AvgIpc) is 2.75. The van der Waals surface area contributed by atoms with Crippen molar-refractivity contribution in [3.63, 3.8) is 0 Å². The molecule has 1 heterocycles. The van der Waals surface area contributed by atoms with Gasteiger partial charge in [0.15, 0.2) is 6.61 Å². The molecule has 1 N–H and O–H groups in total. The Kier molecular flexibility index (Phi) is 6.14. The molecule has 7 heteroatoms. The standard InChI is InChI=1S/C25H20ClNO5/c1-15-9-16(2)11-18(10-15)32-23-13-31-22-12-17(7-8-19(22)25(23)29)30-14-24(28)27-21-6-4-3-5-20(21)26/h3-13H,14H2,1-2H3,(H,27,28). The molecule has 0 saturated heterocycles. The molecule has 0 fully saturated rings. The van der Waals surface area contributed by atoms with Crippen LogP contribution in [0.1, 0.15) is 11.1 Å². The summed E-state index contributed by atoms with van der Waals surface area (Å²) < 4.78 is 16.9. The van der Waals surface area contributed by atoms with E-state index in [1.165, 1.54) is 6.26 Å². The van der Waals surface area contributed by atoms with Crippen molar-refractivity contribution < 1.29 is 18.7 Å². The molecular formula is C25H20ClNO5. The second-order valence-electron chi connectivity index (χ2n) is 7.33. The lowest BCUT2D eigenvalue weighted by atomic mass is 10.1. The highest BCUT2D eigenvalue weighted by molar-refractivity contribution is 6.33. The predicted octanol–water partition coefficient (Wildman–Crippen LogP) is 5.87. The lowest BCUT2D eigenvalue weighted by Crippen LogP contribution is -2.20. The molecule has 0 unspecified atom stereocenters. The minimum absolute atomic E-state index is 0.0929. The van der Waals surface area contributed by atoms with Crippen LogP contribution in [-0.2, 0) is 4.79 Å². The summed E-state index contributed by atoms with van der Waals surface area (Å²) in [6, 6.07) is 17.4.